The van der Waals surface area contributed by atoms with Gasteiger partial charge in [-0.25, -0.2) is 0 Å². The molecule has 2 nitrogen and oxygen atoms in total. The van der Waals surface area contributed by atoms with Gasteiger partial charge in [0, 0.05) is 17.7 Å². The number of rotatable bonds is 1. The lowest BCUT2D eigenvalue weighted by Crippen LogP contribution is -2.31. The maximum absolute atomic E-state index is 7.46. The summed E-state index contributed by atoms with van der Waals surface area (Å²) in [4.78, 5) is 0. The van der Waals surface area contributed by atoms with Crippen molar-refractivity contribution in [1.82, 2.24) is 5.32 Å². The van der Waals surface area contributed by atoms with E-state index in [1.165, 1.54) is 6.42 Å². The molecule has 0 aromatic rings. The topological polar surface area (TPSA) is 35.9 Å². The van der Waals surface area contributed by atoms with Crippen molar-refractivity contribution in [2.24, 2.45) is 11.3 Å². The summed E-state index contributed by atoms with van der Waals surface area (Å²) in [5.74, 6) is 0.632. The van der Waals surface area contributed by atoms with E-state index in [0.717, 1.165) is 13.0 Å². The number of hydrogen-bond donors (Lipinski definition) is 2. The van der Waals surface area contributed by atoms with Gasteiger partial charge in [-0.3, -0.25) is 0 Å². The Morgan fingerprint density at radius 1 is 1.50 bits per heavy atom. The maximum Gasteiger partial charge on any atom is 0.00620 e. The molecule has 1 rings (SSSR count). The minimum atomic E-state index is 0.114. The van der Waals surface area contributed by atoms with Gasteiger partial charge in [-0.15, -0.1) is 0 Å². The van der Waals surface area contributed by atoms with Gasteiger partial charge in [0.15, 0.2) is 0 Å². The van der Waals surface area contributed by atoms with Crippen LogP contribution in [0, 0.1) is 16.7 Å². The third-order valence-electron chi connectivity index (χ3n) is 3.27. The first-order valence-corrected chi connectivity index (χ1v) is 4.83. The fourth-order valence-corrected chi connectivity index (χ4v) is 2.01. The largest absolute Gasteiger partial charge is 0.314 e. The summed E-state index contributed by atoms with van der Waals surface area (Å²) in [6.07, 6.45) is 3.93. The van der Waals surface area contributed by atoms with E-state index in [1.807, 2.05) is 0 Å². The van der Waals surface area contributed by atoms with Gasteiger partial charge in [0.2, 0.25) is 0 Å². The smallest absolute Gasteiger partial charge is 0.00620 e. The van der Waals surface area contributed by atoms with Gasteiger partial charge in [0.1, 0.15) is 0 Å². The van der Waals surface area contributed by atoms with E-state index < -0.39 is 0 Å². The third kappa shape index (κ3) is 1.86. The van der Waals surface area contributed by atoms with Crippen molar-refractivity contribution in [1.29, 1.82) is 5.41 Å². The first-order chi connectivity index (χ1) is 5.58. The molecule has 0 aromatic carbocycles. The zero-order valence-corrected chi connectivity index (χ0v) is 8.35. The van der Waals surface area contributed by atoms with Crippen LogP contribution in [-0.4, -0.2) is 18.8 Å². The molecule has 1 saturated heterocycles. The van der Waals surface area contributed by atoms with Crippen LogP contribution in [0.15, 0.2) is 0 Å². The second kappa shape index (κ2) is 3.56. The summed E-state index contributed by atoms with van der Waals surface area (Å²) < 4.78 is 0. The van der Waals surface area contributed by atoms with Gasteiger partial charge in [-0.1, -0.05) is 13.8 Å². The average Bonchev–Trinajstić information content (AvgIpc) is 2.14. The summed E-state index contributed by atoms with van der Waals surface area (Å²) in [6, 6.07) is 0.557. The van der Waals surface area contributed by atoms with Crippen molar-refractivity contribution < 1.29 is 0 Å². The molecule has 1 aliphatic rings. The summed E-state index contributed by atoms with van der Waals surface area (Å²) in [6.45, 7) is 7.77. The molecular formula is C10H20N2. The van der Waals surface area contributed by atoms with Crippen LogP contribution in [0.4, 0.5) is 0 Å². The van der Waals surface area contributed by atoms with E-state index in [0.29, 0.717) is 12.0 Å². The zero-order valence-electron chi connectivity index (χ0n) is 8.35. The molecule has 1 heterocycles. The Hall–Kier alpha value is -0.370. The lowest BCUT2D eigenvalue weighted by atomic mass is 9.74. The fraction of sp³-hybridized carbons (Fsp3) is 0.900. The molecule has 0 bridgehead atoms. The molecule has 2 N–H and O–H groups in total. The van der Waals surface area contributed by atoms with Crippen LogP contribution in [0.5, 0.6) is 0 Å². The molecule has 0 aliphatic carbocycles. The first kappa shape index (κ1) is 9.72. The highest BCUT2D eigenvalue weighted by Crippen LogP contribution is 2.34. The minimum absolute atomic E-state index is 0.114. The summed E-state index contributed by atoms with van der Waals surface area (Å²) in [5, 5.41) is 10.9. The van der Waals surface area contributed by atoms with E-state index in [1.54, 1.807) is 6.21 Å². The molecule has 0 aromatic heterocycles. The molecule has 1 aliphatic heterocycles. The lowest BCUT2D eigenvalue weighted by Gasteiger charge is -2.30. The van der Waals surface area contributed by atoms with Crippen molar-refractivity contribution in [3.63, 3.8) is 0 Å². The molecule has 2 heteroatoms. The molecule has 2 unspecified atom stereocenters. The quantitative estimate of drug-likeness (QED) is 0.578. The minimum Gasteiger partial charge on any atom is -0.314 e. The van der Waals surface area contributed by atoms with Crippen LogP contribution in [0.1, 0.15) is 33.6 Å². The second-order valence-electron chi connectivity index (χ2n) is 4.40. The monoisotopic (exact) mass is 168 g/mol. The van der Waals surface area contributed by atoms with Crippen molar-refractivity contribution in [3.05, 3.63) is 0 Å². The fourth-order valence-electron chi connectivity index (χ4n) is 2.01. The Kier molecular flexibility index (Phi) is 2.89. The lowest BCUT2D eigenvalue weighted by molar-refractivity contribution is 0.286. The molecule has 1 fully saturated rings. The summed E-state index contributed by atoms with van der Waals surface area (Å²) >= 11 is 0. The highest BCUT2D eigenvalue weighted by atomic mass is 14.9. The summed E-state index contributed by atoms with van der Waals surface area (Å²) in [7, 11) is 0. The standard InChI is InChI=1S/C10H20N2/c1-8-4-5-12-9(2)6-10(8,3)7-11/h7-9,11-12H,4-6H2,1-3H3/t8-,9?,10?/m0/s1. The van der Waals surface area contributed by atoms with E-state index in [-0.39, 0.29) is 5.41 Å². The van der Waals surface area contributed by atoms with Crippen LogP contribution < -0.4 is 5.32 Å². The van der Waals surface area contributed by atoms with Crippen LogP contribution in [0.2, 0.25) is 0 Å². The van der Waals surface area contributed by atoms with Gasteiger partial charge in [0.05, 0.1) is 0 Å². The van der Waals surface area contributed by atoms with E-state index >= 15 is 0 Å². The van der Waals surface area contributed by atoms with Crippen molar-refractivity contribution in [3.8, 4) is 0 Å². The molecule has 0 amide bonds. The first-order valence-electron chi connectivity index (χ1n) is 4.83. The molecule has 70 valence electrons. The normalized spacial score (nSPS) is 43.6. The predicted molar refractivity (Wildman–Crippen MR) is 52.8 cm³/mol. The molecule has 0 saturated carbocycles. The third-order valence-corrected chi connectivity index (χ3v) is 3.27. The molecule has 0 radical (unpaired) electrons. The van der Waals surface area contributed by atoms with Crippen molar-refractivity contribution in [2.75, 3.05) is 6.54 Å². The average molecular weight is 168 g/mol. The van der Waals surface area contributed by atoms with Crippen LogP contribution >= 0.6 is 0 Å². The number of nitrogens with one attached hydrogen (secondary N) is 2. The van der Waals surface area contributed by atoms with E-state index in [4.69, 9.17) is 5.41 Å². The Labute approximate surface area is 75.3 Å². The second-order valence-corrected chi connectivity index (χ2v) is 4.40. The van der Waals surface area contributed by atoms with E-state index in [2.05, 4.69) is 26.1 Å². The van der Waals surface area contributed by atoms with Crippen LogP contribution in [0.25, 0.3) is 0 Å². The van der Waals surface area contributed by atoms with Crippen molar-refractivity contribution >= 4 is 6.21 Å². The number of hydrogen-bond acceptors (Lipinski definition) is 2. The Morgan fingerprint density at radius 2 is 2.17 bits per heavy atom. The Morgan fingerprint density at radius 3 is 2.75 bits per heavy atom. The zero-order chi connectivity index (χ0) is 9.19. The van der Waals surface area contributed by atoms with Crippen LogP contribution in [0.3, 0.4) is 0 Å². The molecule has 3 atom stereocenters. The van der Waals surface area contributed by atoms with Crippen LogP contribution in [-0.2, 0) is 0 Å². The van der Waals surface area contributed by atoms with E-state index in [9.17, 15) is 0 Å². The molecule has 12 heavy (non-hydrogen) atoms. The summed E-state index contributed by atoms with van der Waals surface area (Å²) in [5.41, 5.74) is 0.114. The molecular weight excluding hydrogens is 148 g/mol. The van der Waals surface area contributed by atoms with Gasteiger partial charge < -0.3 is 10.7 Å². The van der Waals surface area contributed by atoms with Gasteiger partial charge >= 0.3 is 0 Å². The SMILES string of the molecule is CC1CC(C)(C=N)[C@@H](C)CCN1. The highest BCUT2D eigenvalue weighted by Gasteiger charge is 2.32. The van der Waals surface area contributed by atoms with Gasteiger partial charge in [-0.2, -0.15) is 0 Å². The predicted octanol–water partition coefficient (Wildman–Crippen LogP) is 2.05. The molecule has 0 spiro atoms. The van der Waals surface area contributed by atoms with Gasteiger partial charge in [0.25, 0.3) is 0 Å². The highest BCUT2D eigenvalue weighted by molar-refractivity contribution is 5.62. The Bertz CT molecular complexity index is 167. The van der Waals surface area contributed by atoms with Crippen molar-refractivity contribution in [2.45, 2.75) is 39.7 Å². The maximum atomic E-state index is 7.46. The Balaban J connectivity index is 2.73. The van der Waals surface area contributed by atoms with Gasteiger partial charge in [-0.05, 0) is 32.2 Å².